The fourth-order valence-electron chi connectivity index (χ4n) is 0.929. The maximum absolute atomic E-state index is 13.2. The number of hydrogen-bond acceptors (Lipinski definition) is 3. The number of esters is 1. The van der Waals surface area contributed by atoms with Crippen LogP contribution in [0.2, 0.25) is 0 Å². The lowest BCUT2D eigenvalue weighted by molar-refractivity contribution is -0.139. The number of pyridine rings is 1. The molecule has 0 spiro atoms. The van der Waals surface area contributed by atoms with Gasteiger partial charge in [0.1, 0.15) is 5.82 Å². The molecule has 0 aliphatic rings. The second-order valence-corrected chi connectivity index (χ2v) is 2.64. The van der Waals surface area contributed by atoms with Gasteiger partial charge in [0.15, 0.2) is 0 Å². The van der Waals surface area contributed by atoms with Crippen LogP contribution in [0.5, 0.6) is 0 Å². The SMILES string of the molecule is COC(=O)Cc1nccc(C)c1F. The zero-order valence-corrected chi connectivity index (χ0v) is 7.50. The smallest absolute Gasteiger partial charge is 0.311 e. The van der Waals surface area contributed by atoms with Gasteiger partial charge in [0.2, 0.25) is 0 Å². The Hall–Kier alpha value is -1.45. The average Bonchev–Trinajstić information content (AvgIpc) is 2.13. The van der Waals surface area contributed by atoms with Gasteiger partial charge >= 0.3 is 5.97 Å². The highest BCUT2D eigenvalue weighted by atomic mass is 19.1. The summed E-state index contributed by atoms with van der Waals surface area (Å²) in [6.07, 6.45) is 1.35. The van der Waals surface area contributed by atoms with E-state index < -0.39 is 11.8 Å². The van der Waals surface area contributed by atoms with E-state index in [1.165, 1.54) is 13.3 Å². The molecule has 0 bridgehead atoms. The largest absolute Gasteiger partial charge is 0.469 e. The number of carbonyl (C=O) groups is 1. The molecule has 0 fully saturated rings. The van der Waals surface area contributed by atoms with Gasteiger partial charge in [-0.3, -0.25) is 9.78 Å². The second kappa shape index (κ2) is 3.98. The molecule has 0 aliphatic heterocycles. The normalized spacial score (nSPS) is 9.77. The molecule has 0 saturated heterocycles. The number of aryl methyl sites for hydroxylation is 1. The van der Waals surface area contributed by atoms with Gasteiger partial charge in [0.25, 0.3) is 0 Å². The lowest BCUT2D eigenvalue weighted by Gasteiger charge is -2.02. The number of hydrogen-bond donors (Lipinski definition) is 0. The molecule has 0 aromatic carbocycles. The third kappa shape index (κ3) is 2.24. The Balaban J connectivity index is 2.89. The van der Waals surface area contributed by atoms with Gasteiger partial charge in [-0.15, -0.1) is 0 Å². The number of methoxy groups -OCH3 is 1. The van der Waals surface area contributed by atoms with E-state index in [0.717, 1.165) is 0 Å². The van der Waals surface area contributed by atoms with Crippen molar-refractivity contribution in [3.63, 3.8) is 0 Å². The van der Waals surface area contributed by atoms with Crippen molar-refractivity contribution in [2.24, 2.45) is 0 Å². The van der Waals surface area contributed by atoms with Crippen LogP contribution in [-0.2, 0) is 16.0 Å². The Bertz CT molecular complexity index is 325. The number of nitrogens with zero attached hydrogens (tertiary/aromatic N) is 1. The molecule has 0 aliphatic carbocycles. The number of ether oxygens (including phenoxy) is 1. The first-order valence-electron chi connectivity index (χ1n) is 3.82. The highest BCUT2D eigenvalue weighted by molar-refractivity contribution is 5.71. The van der Waals surface area contributed by atoms with E-state index >= 15 is 0 Å². The van der Waals surface area contributed by atoms with E-state index in [1.54, 1.807) is 13.0 Å². The average molecular weight is 183 g/mol. The van der Waals surface area contributed by atoms with Crippen molar-refractivity contribution in [1.29, 1.82) is 0 Å². The highest BCUT2D eigenvalue weighted by Crippen LogP contribution is 2.09. The maximum Gasteiger partial charge on any atom is 0.311 e. The van der Waals surface area contributed by atoms with Crippen LogP contribution in [0, 0.1) is 12.7 Å². The van der Waals surface area contributed by atoms with Crippen LogP contribution >= 0.6 is 0 Å². The summed E-state index contributed by atoms with van der Waals surface area (Å²) in [6, 6.07) is 1.55. The molecule has 0 N–H and O–H groups in total. The molecule has 1 aromatic rings. The Morgan fingerprint density at radius 2 is 2.38 bits per heavy atom. The summed E-state index contributed by atoms with van der Waals surface area (Å²) >= 11 is 0. The van der Waals surface area contributed by atoms with Crippen molar-refractivity contribution in [3.8, 4) is 0 Å². The molecule has 0 amide bonds. The minimum Gasteiger partial charge on any atom is -0.469 e. The molecule has 0 saturated carbocycles. The number of carbonyl (C=O) groups excluding carboxylic acids is 1. The summed E-state index contributed by atoms with van der Waals surface area (Å²) in [5, 5.41) is 0. The van der Waals surface area contributed by atoms with Crippen LogP contribution in [0.1, 0.15) is 11.3 Å². The lowest BCUT2D eigenvalue weighted by atomic mass is 10.2. The zero-order valence-electron chi connectivity index (χ0n) is 7.50. The first-order valence-corrected chi connectivity index (χ1v) is 3.82. The lowest BCUT2D eigenvalue weighted by Crippen LogP contribution is -2.08. The standard InChI is InChI=1S/C9H10FNO2/c1-6-3-4-11-7(9(6)10)5-8(12)13-2/h3-4H,5H2,1-2H3. The third-order valence-corrected chi connectivity index (χ3v) is 1.69. The molecule has 13 heavy (non-hydrogen) atoms. The molecule has 4 heteroatoms. The molecule has 0 radical (unpaired) electrons. The van der Waals surface area contributed by atoms with Crippen molar-refractivity contribution in [3.05, 3.63) is 29.3 Å². The molecule has 0 atom stereocenters. The van der Waals surface area contributed by atoms with Gasteiger partial charge in [0.05, 0.1) is 19.2 Å². The summed E-state index contributed by atoms with van der Waals surface area (Å²) in [4.78, 5) is 14.6. The van der Waals surface area contributed by atoms with Gasteiger partial charge in [0, 0.05) is 6.20 Å². The van der Waals surface area contributed by atoms with Gasteiger partial charge in [-0.25, -0.2) is 4.39 Å². The second-order valence-electron chi connectivity index (χ2n) is 2.64. The minimum atomic E-state index is -0.489. The fourth-order valence-corrected chi connectivity index (χ4v) is 0.929. The van der Waals surface area contributed by atoms with Crippen LogP contribution in [-0.4, -0.2) is 18.1 Å². The Morgan fingerprint density at radius 3 is 3.00 bits per heavy atom. The quantitative estimate of drug-likeness (QED) is 0.647. The van der Waals surface area contributed by atoms with E-state index in [0.29, 0.717) is 5.56 Å². The van der Waals surface area contributed by atoms with Crippen LogP contribution < -0.4 is 0 Å². The minimum absolute atomic E-state index is 0.121. The van der Waals surface area contributed by atoms with Gasteiger partial charge in [-0.1, -0.05) is 0 Å². The van der Waals surface area contributed by atoms with Crippen molar-refractivity contribution in [2.75, 3.05) is 7.11 Å². The van der Waals surface area contributed by atoms with Gasteiger partial charge in [-0.05, 0) is 18.6 Å². The van der Waals surface area contributed by atoms with E-state index in [-0.39, 0.29) is 12.1 Å². The Morgan fingerprint density at radius 1 is 1.69 bits per heavy atom. The van der Waals surface area contributed by atoms with Crippen molar-refractivity contribution in [2.45, 2.75) is 13.3 Å². The first-order chi connectivity index (χ1) is 6.15. The van der Waals surface area contributed by atoms with Crippen molar-refractivity contribution < 1.29 is 13.9 Å². The molecule has 0 unspecified atom stereocenters. The van der Waals surface area contributed by atoms with Crippen LogP contribution in [0.25, 0.3) is 0 Å². The topological polar surface area (TPSA) is 39.2 Å². The van der Waals surface area contributed by atoms with Gasteiger partial charge < -0.3 is 4.74 Å². The monoisotopic (exact) mass is 183 g/mol. The maximum atomic E-state index is 13.2. The zero-order chi connectivity index (χ0) is 9.84. The number of aromatic nitrogens is 1. The summed E-state index contributed by atoms with van der Waals surface area (Å²) in [5.74, 6) is -0.926. The third-order valence-electron chi connectivity index (χ3n) is 1.69. The van der Waals surface area contributed by atoms with Crippen LogP contribution in [0.3, 0.4) is 0 Å². The molecule has 1 rings (SSSR count). The molecular formula is C9H10FNO2. The summed E-state index contributed by atoms with van der Waals surface area (Å²) < 4.78 is 17.6. The molecule has 3 nitrogen and oxygen atoms in total. The fraction of sp³-hybridized carbons (Fsp3) is 0.333. The van der Waals surface area contributed by atoms with Crippen molar-refractivity contribution >= 4 is 5.97 Å². The predicted octanol–water partition coefficient (Wildman–Crippen LogP) is 1.24. The van der Waals surface area contributed by atoms with Crippen LogP contribution in [0.15, 0.2) is 12.3 Å². The Kier molecular flexibility index (Phi) is 2.95. The van der Waals surface area contributed by atoms with E-state index in [1.807, 2.05) is 0 Å². The summed E-state index contributed by atoms with van der Waals surface area (Å²) in [6.45, 7) is 1.62. The van der Waals surface area contributed by atoms with E-state index in [2.05, 4.69) is 9.72 Å². The van der Waals surface area contributed by atoms with Gasteiger partial charge in [-0.2, -0.15) is 0 Å². The Labute approximate surface area is 75.6 Å². The summed E-state index contributed by atoms with van der Waals surface area (Å²) in [7, 11) is 1.26. The number of rotatable bonds is 2. The molecule has 1 heterocycles. The first kappa shape index (κ1) is 9.64. The highest BCUT2D eigenvalue weighted by Gasteiger charge is 2.10. The molecule has 1 aromatic heterocycles. The molecular weight excluding hydrogens is 173 g/mol. The van der Waals surface area contributed by atoms with E-state index in [9.17, 15) is 9.18 Å². The van der Waals surface area contributed by atoms with E-state index in [4.69, 9.17) is 0 Å². The van der Waals surface area contributed by atoms with Crippen LogP contribution in [0.4, 0.5) is 4.39 Å². The predicted molar refractivity (Wildman–Crippen MR) is 44.7 cm³/mol. The summed E-state index contributed by atoms with van der Waals surface area (Å²) in [5.41, 5.74) is 0.612. The van der Waals surface area contributed by atoms with Crippen molar-refractivity contribution in [1.82, 2.24) is 4.98 Å². The number of halogens is 1. The molecule has 70 valence electrons.